The minimum Gasteiger partial charge on any atom is -0.293 e. The first-order valence-electron chi connectivity index (χ1n) is 8.14. The first kappa shape index (κ1) is 15.2. The lowest BCUT2D eigenvalue weighted by Crippen LogP contribution is -2.42. The third-order valence-electron chi connectivity index (χ3n) is 4.44. The highest BCUT2D eigenvalue weighted by Gasteiger charge is 2.24. The predicted molar refractivity (Wildman–Crippen MR) is 86.5 cm³/mol. The maximum atomic E-state index is 4.62. The quantitative estimate of drug-likeness (QED) is 0.871. The predicted octanol–water partition coefficient (Wildman–Crippen LogP) is 2.65. The number of likely N-dealkylation sites (tertiary alicyclic amines) is 1. The second kappa shape index (κ2) is 6.57. The van der Waals surface area contributed by atoms with Gasteiger partial charge in [-0.2, -0.15) is 5.10 Å². The third kappa shape index (κ3) is 3.53. The number of rotatable bonds is 4. The third-order valence-corrected chi connectivity index (χ3v) is 4.44. The minimum atomic E-state index is 0.537. The molecule has 3 rings (SSSR count). The lowest BCUT2D eigenvalue weighted by atomic mass is 10.0. The fourth-order valence-electron chi connectivity index (χ4n) is 3.24. The van der Waals surface area contributed by atoms with E-state index in [0.717, 1.165) is 36.7 Å². The first-order valence-corrected chi connectivity index (χ1v) is 8.14. The van der Waals surface area contributed by atoms with Crippen molar-refractivity contribution in [1.82, 2.24) is 24.6 Å². The highest BCUT2D eigenvalue weighted by atomic mass is 15.3. The Bertz CT molecular complexity index is 616. The van der Waals surface area contributed by atoms with Gasteiger partial charge >= 0.3 is 0 Å². The lowest BCUT2D eigenvalue weighted by Gasteiger charge is -2.35. The van der Waals surface area contributed by atoms with Gasteiger partial charge in [0.2, 0.25) is 0 Å². The van der Waals surface area contributed by atoms with Crippen molar-refractivity contribution < 1.29 is 0 Å². The smallest absolute Gasteiger partial charge is 0.0727 e. The van der Waals surface area contributed by atoms with E-state index < -0.39 is 0 Å². The van der Waals surface area contributed by atoms with E-state index in [1.807, 2.05) is 19.3 Å². The molecule has 1 aliphatic rings. The van der Waals surface area contributed by atoms with Crippen LogP contribution < -0.4 is 0 Å². The lowest BCUT2D eigenvalue weighted by molar-refractivity contribution is 0.119. The van der Waals surface area contributed by atoms with Gasteiger partial charge in [0, 0.05) is 30.7 Å². The zero-order chi connectivity index (χ0) is 15.5. The van der Waals surface area contributed by atoms with Gasteiger partial charge < -0.3 is 0 Å². The van der Waals surface area contributed by atoms with Crippen LogP contribution in [0.4, 0.5) is 0 Å². The molecule has 0 unspecified atom stereocenters. The van der Waals surface area contributed by atoms with Crippen molar-refractivity contribution >= 4 is 0 Å². The van der Waals surface area contributed by atoms with Gasteiger partial charge in [-0.1, -0.05) is 6.42 Å². The van der Waals surface area contributed by atoms with Gasteiger partial charge in [-0.3, -0.25) is 19.5 Å². The number of aromatic nitrogens is 4. The van der Waals surface area contributed by atoms with E-state index in [-0.39, 0.29) is 0 Å². The van der Waals surface area contributed by atoms with E-state index in [1.165, 1.54) is 25.0 Å². The van der Waals surface area contributed by atoms with E-state index in [4.69, 9.17) is 0 Å². The van der Waals surface area contributed by atoms with E-state index in [9.17, 15) is 0 Å². The Kier molecular flexibility index (Phi) is 4.52. The molecule has 0 saturated carbocycles. The highest BCUT2D eigenvalue weighted by molar-refractivity contribution is 5.07. The highest BCUT2D eigenvalue weighted by Crippen LogP contribution is 2.21. The van der Waals surface area contributed by atoms with Crippen LogP contribution in [0.5, 0.6) is 0 Å². The summed E-state index contributed by atoms with van der Waals surface area (Å²) in [4.78, 5) is 11.4. The first-order chi connectivity index (χ1) is 10.6. The summed E-state index contributed by atoms with van der Waals surface area (Å²) in [5.74, 6) is 0. The molecule has 1 aliphatic heterocycles. The molecule has 0 spiro atoms. The zero-order valence-electron chi connectivity index (χ0n) is 13.8. The zero-order valence-corrected chi connectivity index (χ0v) is 13.8. The van der Waals surface area contributed by atoms with Crippen molar-refractivity contribution in [2.75, 3.05) is 6.54 Å². The largest absolute Gasteiger partial charge is 0.293 e. The van der Waals surface area contributed by atoms with Crippen LogP contribution in [0.2, 0.25) is 0 Å². The van der Waals surface area contributed by atoms with E-state index in [2.05, 4.69) is 44.6 Å². The van der Waals surface area contributed by atoms with Crippen molar-refractivity contribution in [1.29, 1.82) is 0 Å². The summed E-state index contributed by atoms with van der Waals surface area (Å²) in [7, 11) is 0. The van der Waals surface area contributed by atoms with Gasteiger partial charge in [-0.25, -0.2) is 0 Å². The Hall–Kier alpha value is -1.75. The SMILES string of the molecule is Cc1cnc(CN2CCCC[C@H]2Cn2nc(C)cc2C)cn1. The molecule has 3 heterocycles. The monoisotopic (exact) mass is 299 g/mol. The molecule has 0 aromatic carbocycles. The van der Waals surface area contributed by atoms with Crippen LogP contribution in [0.3, 0.4) is 0 Å². The Morgan fingerprint density at radius 2 is 1.95 bits per heavy atom. The van der Waals surface area contributed by atoms with Crippen molar-refractivity contribution in [2.45, 2.75) is 59.2 Å². The average Bonchev–Trinajstić information content (AvgIpc) is 2.81. The Morgan fingerprint density at radius 3 is 2.64 bits per heavy atom. The van der Waals surface area contributed by atoms with Crippen LogP contribution in [-0.2, 0) is 13.1 Å². The van der Waals surface area contributed by atoms with Crippen molar-refractivity contribution in [3.8, 4) is 0 Å². The topological polar surface area (TPSA) is 46.8 Å². The summed E-state index contributed by atoms with van der Waals surface area (Å²) < 4.78 is 2.15. The van der Waals surface area contributed by atoms with Gasteiger partial charge in [-0.15, -0.1) is 0 Å². The molecule has 22 heavy (non-hydrogen) atoms. The Balaban J connectivity index is 1.70. The minimum absolute atomic E-state index is 0.537. The van der Waals surface area contributed by atoms with Crippen LogP contribution in [0.15, 0.2) is 18.5 Å². The molecular formula is C17H25N5. The summed E-state index contributed by atoms with van der Waals surface area (Å²) in [6, 6.07) is 2.69. The van der Waals surface area contributed by atoms with Gasteiger partial charge in [0.15, 0.2) is 0 Å². The molecule has 0 radical (unpaired) electrons. The second-order valence-electron chi connectivity index (χ2n) is 6.38. The van der Waals surface area contributed by atoms with E-state index in [0.29, 0.717) is 6.04 Å². The van der Waals surface area contributed by atoms with Crippen LogP contribution in [0, 0.1) is 20.8 Å². The number of aryl methyl sites for hydroxylation is 3. The summed E-state index contributed by atoms with van der Waals surface area (Å²) in [6.45, 7) is 9.17. The molecule has 118 valence electrons. The average molecular weight is 299 g/mol. The van der Waals surface area contributed by atoms with Crippen LogP contribution in [0.25, 0.3) is 0 Å². The van der Waals surface area contributed by atoms with Crippen molar-refractivity contribution in [3.05, 3.63) is 41.2 Å². The summed E-state index contributed by atoms with van der Waals surface area (Å²) >= 11 is 0. The van der Waals surface area contributed by atoms with Crippen molar-refractivity contribution in [3.63, 3.8) is 0 Å². The molecule has 0 amide bonds. The standard InChI is InChI=1S/C17H25N5/c1-13-8-15(3)22(20-13)12-17-6-4-5-7-21(17)11-16-10-18-14(2)9-19-16/h8-10,17H,4-7,11-12H2,1-3H3/t17-/m0/s1. The Morgan fingerprint density at radius 1 is 1.09 bits per heavy atom. The second-order valence-corrected chi connectivity index (χ2v) is 6.38. The summed E-state index contributed by atoms with van der Waals surface area (Å²) in [6.07, 6.45) is 7.57. The van der Waals surface area contributed by atoms with Crippen LogP contribution in [0.1, 0.15) is 42.0 Å². The maximum Gasteiger partial charge on any atom is 0.0727 e. The van der Waals surface area contributed by atoms with Crippen LogP contribution >= 0.6 is 0 Å². The van der Waals surface area contributed by atoms with Crippen LogP contribution in [-0.4, -0.2) is 37.2 Å². The Labute approximate surface area is 132 Å². The summed E-state index contributed by atoms with van der Waals surface area (Å²) in [5, 5.41) is 4.62. The van der Waals surface area contributed by atoms with Gasteiger partial charge in [0.05, 0.1) is 23.6 Å². The molecule has 5 heteroatoms. The molecular weight excluding hydrogens is 274 g/mol. The number of nitrogens with zero attached hydrogens (tertiary/aromatic N) is 5. The molecule has 2 aromatic heterocycles. The normalized spacial score (nSPS) is 19.5. The molecule has 1 saturated heterocycles. The van der Waals surface area contributed by atoms with Crippen molar-refractivity contribution in [2.24, 2.45) is 0 Å². The molecule has 5 nitrogen and oxygen atoms in total. The molecule has 1 atom stereocenters. The number of hydrogen-bond donors (Lipinski definition) is 0. The van der Waals surface area contributed by atoms with Gasteiger partial charge in [-0.05, 0) is 46.2 Å². The molecule has 2 aromatic rings. The molecule has 1 fully saturated rings. The van der Waals surface area contributed by atoms with Gasteiger partial charge in [0.1, 0.15) is 0 Å². The molecule has 0 N–H and O–H groups in total. The number of piperidine rings is 1. The van der Waals surface area contributed by atoms with Gasteiger partial charge in [0.25, 0.3) is 0 Å². The molecule has 0 bridgehead atoms. The maximum absolute atomic E-state index is 4.62. The fourth-order valence-corrected chi connectivity index (χ4v) is 3.24. The molecule has 0 aliphatic carbocycles. The fraction of sp³-hybridized carbons (Fsp3) is 0.588. The summed E-state index contributed by atoms with van der Waals surface area (Å²) in [5.41, 5.74) is 4.38. The van der Waals surface area contributed by atoms with E-state index >= 15 is 0 Å². The van der Waals surface area contributed by atoms with E-state index in [1.54, 1.807) is 0 Å². The number of hydrogen-bond acceptors (Lipinski definition) is 4.